The zero-order valence-electron chi connectivity index (χ0n) is 14.5. The molecule has 2 aliphatic rings. The lowest BCUT2D eigenvalue weighted by molar-refractivity contribution is -0.148. The van der Waals surface area contributed by atoms with Crippen molar-refractivity contribution in [1.82, 2.24) is 9.80 Å². The average molecular weight is 379 g/mol. The molecule has 140 valence electrons. The summed E-state index contributed by atoms with van der Waals surface area (Å²) in [6, 6.07) is 5.92. The van der Waals surface area contributed by atoms with Crippen LogP contribution in [0, 0.1) is 0 Å². The number of aliphatic carboxylic acids is 1. The summed E-state index contributed by atoms with van der Waals surface area (Å²) in [5.41, 5.74) is 0.562. The Morgan fingerprint density at radius 1 is 1.35 bits per heavy atom. The summed E-state index contributed by atoms with van der Waals surface area (Å²) in [5, 5.41) is 9.16. The molecule has 1 atom stereocenters. The van der Waals surface area contributed by atoms with Crippen molar-refractivity contribution in [3.8, 4) is 0 Å². The smallest absolute Gasteiger partial charge is 0.326 e. The van der Waals surface area contributed by atoms with Gasteiger partial charge >= 0.3 is 5.97 Å². The molecule has 0 aliphatic carbocycles. The Hall–Kier alpha value is -2.42. The van der Waals surface area contributed by atoms with Gasteiger partial charge in [-0.3, -0.25) is 4.79 Å². The van der Waals surface area contributed by atoms with E-state index in [1.54, 1.807) is 30.1 Å². The van der Waals surface area contributed by atoms with Crippen LogP contribution in [0.2, 0.25) is 0 Å². The highest BCUT2D eigenvalue weighted by molar-refractivity contribution is 7.90. The van der Waals surface area contributed by atoms with Crippen molar-refractivity contribution in [1.29, 1.82) is 0 Å². The van der Waals surface area contributed by atoms with E-state index in [4.69, 9.17) is 5.11 Å². The largest absolute Gasteiger partial charge is 0.480 e. The summed E-state index contributed by atoms with van der Waals surface area (Å²) in [7, 11) is -1.93. The molecule has 0 radical (unpaired) electrons. The fourth-order valence-electron chi connectivity index (χ4n) is 3.40. The summed E-state index contributed by atoms with van der Waals surface area (Å²) in [5.74, 6) is -0.766. The van der Waals surface area contributed by atoms with Gasteiger partial charge in [0.1, 0.15) is 16.8 Å². The number of carboxylic acid groups (broad SMARTS) is 1. The Labute approximate surface area is 152 Å². The molecule has 1 aromatic carbocycles. The maximum absolute atomic E-state index is 12.3. The Morgan fingerprint density at radius 2 is 2.08 bits per heavy atom. The summed E-state index contributed by atoms with van der Waals surface area (Å²) in [4.78, 5) is 26.8. The molecular formula is C17H21N3O5S. The molecule has 1 N–H and O–H groups in total. The van der Waals surface area contributed by atoms with E-state index in [0.29, 0.717) is 43.8 Å². The monoisotopic (exact) mass is 379 g/mol. The van der Waals surface area contributed by atoms with Crippen molar-refractivity contribution in [3.05, 3.63) is 29.8 Å². The van der Waals surface area contributed by atoms with Crippen LogP contribution < -0.4 is 0 Å². The van der Waals surface area contributed by atoms with Gasteiger partial charge in [-0.05, 0) is 31.4 Å². The van der Waals surface area contributed by atoms with Gasteiger partial charge in [0, 0.05) is 32.1 Å². The molecule has 2 heterocycles. The highest BCUT2D eigenvalue weighted by atomic mass is 32.2. The summed E-state index contributed by atoms with van der Waals surface area (Å²) in [6.45, 7) is 0.921. The third-order valence-electron chi connectivity index (χ3n) is 4.72. The molecule has 0 saturated carbocycles. The SMILES string of the molecule is CN(CCCC(=O)N1CCCC1C(=O)O)C1=NS(=O)(=O)c2ccccc21. The first-order valence-corrected chi connectivity index (χ1v) is 9.93. The maximum Gasteiger partial charge on any atom is 0.326 e. The van der Waals surface area contributed by atoms with E-state index in [9.17, 15) is 18.0 Å². The van der Waals surface area contributed by atoms with Crippen LogP contribution in [0.3, 0.4) is 0 Å². The molecule has 1 saturated heterocycles. The van der Waals surface area contributed by atoms with Gasteiger partial charge in [-0.1, -0.05) is 12.1 Å². The van der Waals surface area contributed by atoms with Crippen molar-refractivity contribution < 1.29 is 23.1 Å². The van der Waals surface area contributed by atoms with Crippen molar-refractivity contribution >= 4 is 27.7 Å². The number of nitrogens with zero attached hydrogens (tertiary/aromatic N) is 3. The zero-order chi connectivity index (χ0) is 18.9. The van der Waals surface area contributed by atoms with Gasteiger partial charge < -0.3 is 14.9 Å². The van der Waals surface area contributed by atoms with Crippen LogP contribution in [0.15, 0.2) is 33.6 Å². The fraction of sp³-hybridized carbons (Fsp3) is 0.471. The highest BCUT2D eigenvalue weighted by Gasteiger charge is 2.34. The molecule has 3 rings (SSSR count). The molecule has 2 aliphatic heterocycles. The predicted octanol–water partition coefficient (Wildman–Crippen LogP) is 0.923. The first kappa shape index (κ1) is 18.4. The number of carbonyl (C=O) groups excluding carboxylic acids is 1. The number of carbonyl (C=O) groups is 2. The molecular weight excluding hydrogens is 358 g/mol. The third kappa shape index (κ3) is 3.44. The second-order valence-corrected chi connectivity index (χ2v) is 8.07. The minimum absolute atomic E-state index is 0.176. The molecule has 0 aromatic heterocycles. The van der Waals surface area contributed by atoms with Crippen LogP contribution in [0.1, 0.15) is 31.2 Å². The number of fused-ring (bicyclic) bond motifs is 1. The maximum atomic E-state index is 12.3. The molecule has 9 heteroatoms. The van der Waals surface area contributed by atoms with Crippen LogP contribution in [0.4, 0.5) is 0 Å². The number of carboxylic acids is 1. The molecule has 1 aromatic rings. The number of benzene rings is 1. The first-order valence-electron chi connectivity index (χ1n) is 8.49. The molecule has 1 unspecified atom stereocenters. The van der Waals surface area contributed by atoms with Crippen molar-refractivity contribution in [2.75, 3.05) is 20.1 Å². The van der Waals surface area contributed by atoms with Crippen LogP contribution in [0.25, 0.3) is 0 Å². The van der Waals surface area contributed by atoms with E-state index in [-0.39, 0.29) is 17.2 Å². The minimum Gasteiger partial charge on any atom is -0.480 e. The lowest BCUT2D eigenvalue weighted by Gasteiger charge is -2.23. The topological polar surface area (TPSA) is 107 Å². The first-order chi connectivity index (χ1) is 12.3. The number of likely N-dealkylation sites (tertiary alicyclic amines) is 1. The standard InChI is InChI=1S/C17H21N3O5S/c1-19(16-12-6-2-3-8-14(12)26(24,25)18-16)10-5-9-15(21)20-11-4-7-13(20)17(22)23/h2-3,6,8,13H,4-5,7,9-11H2,1H3,(H,22,23). The van der Waals surface area contributed by atoms with Gasteiger partial charge in [0.25, 0.3) is 10.0 Å². The quantitative estimate of drug-likeness (QED) is 0.815. The van der Waals surface area contributed by atoms with Crippen molar-refractivity contribution in [2.24, 2.45) is 4.40 Å². The predicted molar refractivity (Wildman–Crippen MR) is 94.4 cm³/mol. The van der Waals surface area contributed by atoms with Gasteiger partial charge in [0.15, 0.2) is 0 Å². The Balaban J connectivity index is 1.59. The Bertz CT molecular complexity index is 865. The van der Waals surface area contributed by atoms with Gasteiger partial charge in [0.05, 0.1) is 0 Å². The third-order valence-corrected chi connectivity index (χ3v) is 6.04. The van der Waals surface area contributed by atoms with E-state index >= 15 is 0 Å². The molecule has 0 spiro atoms. The van der Waals surface area contributed by atoms with E-state index < -0.39 is 22.0 Å². The number of rotatable bonds is 5. The van der Waals surface area contributed by atoms with Gasteiger partial charge in [-0.2, -0.15) is 8.42 Å². The summed E-state index contributed by atoms with van der Waals surface area (Å²) >= 11 is 0. The lowest BCUT2D eigenvalue weighted by Crippen LogP contribution is -2.40. The number of hydrogen-bond acceptors (Lipinski definition) is 5. The van der Waals surface area contributed by atoms with Crippen molar-refractivity contribution in [3.63, 3.8) is 0 Å². The number of hydrogen-bond donors (Lipinski definition) is 1. The van der Waals surface area contributed by atoms with Gasteiger partial charge in [-0.15, -0.1) is 4.40 Å². The van der Waals surface area contributed by atoms with Gasteiger partial charge in [0.2, 0.25) is 5.91 Å². The summed E-state index contributed by atoms with van der Waals surface area (Å²) in [6.07, 6.45) is 1.90. The van der Waals surface area contributed by atoms with Crippen LogP contribution in [-0.4, -0.2) is 67.2 Å². The fourth-order valence-corrected chi connectivity index (χ4v) is 4.65. The minimum atomic E-state index is -3.67. The molecule has 0 bridgehead atoms. The van der Waals surface area contributed by atoms with Crippen molar-refractivity contribution in [2.45, 2.75) is 36.6 Å². The lowest BCUT2D eigenvalue weighted by atomic mass is 10.1. The highest BCUT2D eigenvalue weighted by Crippen LogP contribution is 2.27. The zero-order valence-corrected chi connectivity index (χ0v) is 15.3. The van der Waals surface area contributed by atoms with E-state index in [1.807, 2.05) is 0 Å². The van der Waals surface area contributed by atoms with Crippen LogP contribution in [0.5, 0.6) is 0 Å². The van der Waals surface area contributed by atoms with Crippen LogP contribution in [-0.2, 0) is 19.6 Å². The van der Waals surface area contributed by atoms with E-state index in [1.165, 1.54) is 11.0 Å². The Kier molecular flexibility index (Phi) is 4.99. The number of amides is 1. The number of amidine groups is 1. The second kappa shape index (κ2) is 7.06. The Morgan fingerprint density at radius 3 is 2.81 bits per heavy atom. The number of sulfonamides is 1. The molecule has 1 amide bonds. The molecule has 26 heavy (non-hydrogen) atoms. The van der Waals surface area contributed by atoms with Crippen LogP contribution >= 0.6 is 0 Å². The van der Waals surface area contributed by atoms with E-state index in [0.717, 1.165) is 0 Å². The average Bonchev–Trinajstić information content (AvgIpc) is 3.18. The summed E-state index contributed by atoms with van der Waals surface area (Å²) < 4.78 is 28.0. The normalized spacial score (nSPS) is 20.6. The van der Waals surface area contributed by atoms with Gasteiger partial charge in [-0.25, -0.2) is 4.79 Å². The van der Waals surface area contributed by atoms with E-state index in [2.05, 4.69) is 4.40 Å². The molecule has 1 fully saturated rings. The second-order valence-electron chi connectivity index (χ2n) is 6.49. The molecule has 8 nitrogen and oxygen atoms in total.